The summed E-state index contributed by atoms with van der Waals surface area (Å²) in [4.78, 5) is 16.1. The molecule has 2 aliphatic rings. The zero-order valence-corrected chi connectivity index (χ0v) is 21.8. The number of rotatable bonds is 8. The third kappa shape index (κ3) is 4.07. The van der Waals surface area contributed by atoms with E-state index < -0.39 is 5.72 Å². The number of aliphatic hydroxyl groups is 1. The highest BCUT2D eigenvalue weighted by Crippen LogP contribution is 2.53. The lowest BCUT2D eigenvalue weighted by Crippen LogP contribution is -2.49. The van der Waals surface area contributed by atoms with Gasteiger partial charge in [-0.25, -0.2) is 0 Å². The third-order valence-corrected chi connectivity index (χ3v) is 7.98. The van der Waals surface area contributed by atoms with E-state index in [1.807, 2.05) is 61.2 Å². The summed E-state index contributed by atoms with van der Waals surface area (Å²) in [5.41, 5.74) is 4.80. The van der Waals surface area contributed by atoms with Crippen LogP contribution in [0.15, 0.2) is 73.3 Å². The van der Waals surface area contributed by atoms with Crippen LogP contribution in [0.2, 0.25) is 5.02 Å². The quantitative estimate of drug-likeness (QED) is 0.365. The van der Waals surface area contributed by atoms with Crippen molar-refractivity contribution < 1.29 is 14.6 Å². The molecule has 0 radical (unpaired) electrons. The van der Waals surface area contributed by atoms with E-state index in [1.54, 1.807) is 0 Å². The molecule has 1 fully saturated rings. The molecule has 5 rings (SSSR count). The predicted octanol–water partition coefficient (Wildman–Crippen LogP) is 6.89. The van der Waals surface area contributed by atoms with Crippen LogP contribution in [0.3, 0.4) is 0 Å². The molecule has 186 valence electrons. The van der Waals surface area contributed by atoms with Crippen molar-refractivity contribution in [2.24, 2.45) is 5.41 Å². The van der Waals surface area contributed by atoms with Crippen LogP contribution in [0.4, 0.5) is 0 Å². The minimum atomic E-state index is -1.17. The van der Waals surface area contributed by atoms with Crippen molar-refractivity contribution in [1.82, 2.24) is 4.90 Å². The molecule has 1 amide bonds. The van der Waals surface area contributed by atoms with Crippen LogP contribution in [0.5, 0.6) is 0 Å². The van der Waals surface area contributed by atoms with Crippen LogP contribution >= 0.6 is 11.6 Å². The molecule has 1 aliphatic carbocycles. The molecule has 0 aromatic heterocycles. The monoisotopic (exact) mass is 501 g/mol. The molecule has 0 spiro atoms. The summed E-state index contributed by atoms with van der Waals surface area (Å²) in [6.07, 6.45) is 1.81. The molecule has 36 heavy (non-hydrogen) atoms. The molecule has 0 unspecified atom stereocenters. The Bertz CT molecular complexity index is 1310. The van der Waals surface area contributed by atoms with Gasteiger partial charge in [-0.1, -0.05) is 77.8 Å². The first-order chi connectivity index (χ1) is 17.2. The van der Waals surface area contributed by atoms with Gasteiger partial charge in [0, 0.05) is 27.1 Å². The van der Waals surface area contributed by atoms with Gasteiger partial charge >= 0.3 is 0 Å². The molecule has 0 bridgehead atoms. The Morgan fingerprint density at radius 3 is 2.36 bits per heavy atom. The molecule has 1 heterocycles. The Balaban J connectivity index is 1.73. The summed E-state index contributed by atoms with van der Waals surface area (Å²) in [6.45, 7) is 10.5. The van der Waals surface area contributed by atoms with E-state index in [4.69, 9.17) is 16.3 Å². The first-order valence-corrected chi connectivity index (χ1v) is 12.8. The van der Waals surface area contributed by atoms with Crippen LogP contribution < -0.4 is 0 Å². The summed E-state index contributed by atoms with van der Waals surface area (Å²) in [5, 5.41) is 10.7. The minimum Gasteiger partial charge on any atom is -0.396 e. The molecule has 1 saturated carbocycles. The molecule has 0 saturated heterocycles. The van der Waals surface area contributed by atoms with Crippen LogP contribution in [0.25, 0.3) is 5.57 Å². The maximum atomic E-state index is 14.3. The number of carbonyl (C=O) groups excluding carboxylic acids is 1. The maximum absolute atomic E-state index is 14.3. The summed E-state index contributed by atoms with van der Waals surface area (Å²) >= 11 is 6.28. The lowest BCUT2D eigenvalue weighted by molar-refractivity contribution is -0.137. The molecule has 3 aromatic carbocycles. The van der Waals surface area contributed by atoms with Gasteiger partial charge in [-0.15, -0.1) is 0 Å². The SMILES string of the molecule is C=C(C)c1ccc2c(c1)C(=O)N([C@@H](C)c1ccc(C)cc1)[C@@]2(OCC1(CO)CC1)c1ccc(Cl)cc1. The van der Waals surface area contributed by atoms with Gasteiger partial charge < -0.3 is 9.84 Å². The van der Waals surface area contributed by atoms with Gasteiger partial charge in [0.05, 0.1) is 19.3 Å². The number of aryl methyl sites for hydroxylation is 1. The largest absolute Gasteiger partial charge is 0.396 e. The fourth-order valence-corrected chi connectivity index (χ4v) is 5.24. The highest BCUT2D eigenvalue weighted by molar-refractivity contribution is 6.30. The van der Waals surface area contributed by atoms with E-state index in [0.29, 0.717) is 17.2 Å². The Morgan fingerprint density at radius 1 is 1.11 bits per heavy atom. The number of halogens is 1. The fourth-order valence-electron chi connectivity index (χ4n) is 5.11. The second kappa shape index (κ2) is 9.19. The number of nitrogens with zero attached hydrogens (tertiary/aromatic N) is 1. The van der Waals surface area contributed by atoms with Crippen molar-refractivity contribution >= 4 is 23.1 Å². The van der Waals surface area contributed by atoms with Gasteiger partial charge in [-0.3, -0.25) is 9.69 Å². The van der Waals surface area contributed by atoms with E-state index >= 15 is 0 Å². The molecule has 1 N–H and O–H groups in total. The maximum Gasteiger partial charge on any atom is 0.257 e. The second-order valence-electron chi connectivity index (χ2n) is 10.4. The summed E-state index contributed by atoms with van der Waals surface area (Å²) in [6, 6.07) is 21.4. The van der Waals surface area contributed by atoms with Gasteiger partial charge in [0.1, 0.15) is 0 Å². The highest BCUT2D eigenvalue weighted by atomic mass is 35.5. The van der Waals surface area contributed by atoms with E-state index in [1.165, 1.54) is 0 Å². The number of hydrogen-bond acceptors (Lipinski definition) is 3. The van der Waals surface area contributed by atoms with E-state index in [2.05, 4.69) is 37.8 Å². The Kier molecular flexibility index (Phi) is 6.32. The molecule has 5 heteroatoms. The fraction of sp³-hybridized carbons (Fsp3) is 0.323. The summed E-state index contributed by atoms with van der Waals surface area (Å²) in [5.74, 6) is -0.0926. The molecular formula is C31H32ClNO3. The normalized spacial score (nSPS) is 20.8. The van der Waals surface area contributed by atoms with Crippen molar-refractivity contribution in [2.75, 3.05) is 13.2 Å². The Labute approximate surface area is 218 Å². The predicted molar refractivity (Wildman–Crippen MR) is 144 cm³/mol. The molecular weight excluding hydrogens is 470 g/mol. The zero-order valence-electron chi connectivity index (χ0n) is 21.1. The molecule has 3 aromatic rings. The smallest absolute Gasteiger partial charge is 0.257 e. The van der Waals surface area contributed by atoms with Crippen molar-refractivity contribution in [1.29, 1.82) is 0 Å². The first-order valence-electron chi connectivity index (χ1n) is 12.4. The van der Waals surface area contributed by atoms with E-state index in [0.717, 1.165) is 46.2 Å². The van der Waals surface area contributed by atoms with Crippen molar-refractivity contribution in [3.05, 3.63) is 112 Å². The number of carbonyl (C=O) groups is 1. The zero-order chi connectivity index (χ0) is 25.7. The van der Waals surface area contributed by atoms with Gasteiger partial charge in [0.2, 0.25) is 0 Å². The molecule has 2 atom stereocenters. The number of hydrogen-bond donors (Lipinski definition) is 1. The number of benzene rings is 3. The number of fused-ring (bicyclic) bond motifs is 1. The Hall–Kier alpha value is -2.92. The van der Waals surface area contributed by atoms with Gasteiger partial charge in [0.15, 0.2) is 5.72 Å². The van der Waals surface area contributed by atoms with Gasteiger partial charge in [-0.05, 0) is 62.9 Å². The number of allylic oxidation sites excluding steroid dienone is 1. The van der Waals surface area contributed by atoms with Crippen LogP contribution in [0, 0.1) is 12.3 Å². The van der Waals surface area contributed by atoms with Crippen LogP contribution in [-0.4, -0.2) is 29.1 Å². The highest BCUT2D eigenvalue weighted by Gasteiger charge is 2.56. The summed E-state index contributed by atoms with van der Waals surface area (Å²) < 4.78 is 6.89. The van der Waals surface area contributed by atoms with E-state index in [-0.39, 0.29) is 24.0 Å². The Morgan fingerprint density at radius 2 is 1.78 bits per heavy atom. The summed E-state index contributed by atoms with van der Waals surface area (Å²) in [7, 11) is 0. The standard InChI is InChI=1S/C31H32ClNO3/c1-20(2)24-9-14-28-27(17-24)29(35)33(22(4)23-7-5-21(3)6-8-23)31(28,25-10-12-26(32)13-11-25)36-19-30(18-34)15-16-30/h5-14,17,22,34H,1,15-16,18-19H2,2-4H3/t22-,31+/m0/s1. The average molecular weight is 502 g/mol. The van der Waals surface area contributed by atoms with E-state index in [9.17, 15) is 9.90 Å². The minimum absolute atomic E-state index is 0.0621. The number of ether oxygens (including phenoxy) is 1. The molecule has 1 aliphatic heterocycles. The van der Waals surface area contributed by atoms with Gasteiger partial charge in [0.25, 0.3) is 5.91 Å². The van der Waals surface area contributed by atoms with Crippen molar-refractivity contribution in [3.8, 4) is 0 Å². The molecule has 4 nitrogen and oxygen atoms in total. The third-order valence-electron chi connectivity index (χ3n) is 7.73. The van der Waals surface area contributed by atoms with Crippen LogP contribution in [0.1, 0.15) is 70.9 Å². The van der Waals surface area contributed by atoms with Crippen LogP contribution in [-0.2, 0) is 10.5 Å². The number of aliphatic hydroxyl groups excluding tert-OH is 1. The number of amides is 1. The van der Waals surface area contributed by atoms with Crippen molar-refractivity contribution in [2.45, 2.75) is 45.4 Å². The lowest BCUT2D eigenvalue weighted by atomic mass is 9.90. The lowest BCUT2D eigenvalue weighted by Gasteiger charge is -2.43. The second-order valence-corrected chi connectivity index (χ2v) is 10.8. The topological polar surface area (TPSA) is 49.8 Å². The average Bonchev–Trinajstić information content (AvgIpc) is 3.62. The van der Waals surface area contributed by atoms with Gasteiger partial charge in [-0.2, -0.15) is 0 Å². The van der Waals surface area contributed by atoms with Crippen molar-refractivity contribution in [3.63, 3.8) is 0 Å². The first kappa shape index (κ1) is 24.8.